The summed E-state index contributed by atoms with van der Waals surface area (Å²) in [5.41, 5.74) is 0.502. The summed E-state index contributed by atoms with van der Waals surface area (Å²) >= 11 is 0. The van der Waals surface area contributed by atoms with Crippen molar-refractivity contribution in [2.45, 2.75) is 45.6 Å². The zero-order valence-corrected chi connectivity index (χ0v) is 10.1. The molecule has 0 aliphatic heterocycles. The highest BCUT2D eigenvalue weighted by molar-refractivity contribution is 4.83. The van der Waals surface area contributed by atoms with Crippen molar-refractivity contribution >= 4 is 0 Å². The lowest BCUT2D eigenvalue weighted by molar-refractivity contribution is 0.0894. The summed E-state index contributed by atoms with van der Waals surface area (Å²) in [6.07, 6.45) is 5.25. The summed E-state index contributed by atoms with van der Waals surface area (Å²) in [6, 6.07) is 0.659. The van der Waals surface area contributed by atoms with E-state index in [1.165, 1.54) is 25.7 Å². The molecule has 0 radical (unpaired) electrons. The summed E-state index contributed by atoms with van der Waals surface area (Å²) in [5, 5.41) is 12.1. The molecule has 0 spiro atoms. The maximum atomic E-state index is 8.54. The van der Waals surface area contributed by atoms with Gasteiger partial charge in [0.1, 0.15) is 0 Å². The Morgan fingerprint density at radius 3 is 2.87 bits per heavy atom. The molecule has 1 unspecified atom stereocenters. The molecule has 0 amide bonds. The van der Waals surface area contributed by atoms with E-state index in [1.807, 2.05) is 0 Å². The Morgan fingerprint density at radius 2 is 2.20 bits per heavy atom. The third-order valence-electron chi connectivity index (χ3n) is 3.12. The average Bonchev–Trinajstić information content (AvgIpc) is 2.16. The van der Waals surface area contributed by atoms with E-state index in [-0.39, 0.29) is 6.61 Å². The molecule has 1 aliphatic rings. The zero-order valence-electron chi connectivity index (χ0n) is 10.1. The van der Waals surface area contributed by atoms with Gasteiger partial charge in [0.05, 0.1) is 19.8 Å². The molecule has 0 heterocycles. The number of nitrogens with one attached hydrogen (secondary N) is 1. The molecule has 15 heavy (non-hydrogen) atoms. The molecule has 0 saturated heterocycles. The Bertz CT molecular complexity index is 171. The van der Waals surface area contributed by atoms with Crippen LogP contribution in [-0.4, -0.2) is 37.5 Å². The summed E-state index contributed by atoms with van der Waals surface area (Å²) < 4.78 is 5.21. The Hall–Kier alpha value is -0.120. The van der Waals surface area contributed by atoms with Crippen LogP contribution in [0.15, 0.2) is 0 Å². The predicted octanol–water partition coefficient (Wildman–Crippen LogP) is 1.55. The molecule has 1 atom stereocenters. The molecular formula is C12H25NO2. The maximum absolute atomic E-state index is 8.54. The van der Waals surface area contributed by atoms with Crippen molar-refractivity contribution in [3.8, 4) is 0 Å². The van der Waals surface area contributed by atoms with Crippen LogP contribution < -0.4 is 5.32 Å². The van der Waals surface area contributed by atoms with Crippen LogP contribution in [0.4, 0.5) is 0 Å². The van der Waals surface area contributed by atoms with Gasteiger partial charge in [-0.15, -0.1) is 0 Å². The van der Waals surface area contributed by atoms with Crippen molar-refractivity contribution in [2.75, 3.05) is 26.4 Å². The van der Waals surface area contributed by atoms with Crippen LogP contribution in [0.25, 0.3) is 0 Å². The molecule has 0 aromatic rings. The predicted molar refractivity (Wildman–Crippen MR) is 61.9 cm³/mol. The minimum Gasteiger partial charge on any atom is -0.394 e. The van der Waals surface area contributed by atoms with Gasteiger partial charge >= 0.3 is 0 Å². The summed E-state index contributed by atoms with van der Waals surface area (Å²) in [7, 11) is 0. The SMILES string of the molecule is CC1(C)CCCC(NCCOCCO)C1. The first-order valence-corrected chi connectivity index (χ1v) is 6.06. The van der Waals surface area contributed by atoms with E-state index < -0.39 is 0 Å². The third-order valence-corrected chi connectivity index (χ3v) is 3.12. The molecule has 1 fully saturated rings. The minimum atomic E-state index is 0.121. The van der Waals surface area contributed by atoms with E-state index in [4.69, 9.17) is 9.84 Å². The Kier molecular flexibility index (Phi) is 5.58. The van der Waals surface area contributed by atoms with Crippen LogP contribution in [0, 0.1) is 5.41 Å². The highest BCUT2D eigenvalue weighted by Crippen LogP contribution is 2.34. The van der Waals surface area contributed by atoms with Crippen molar-refractivity contribution in [1.29, 1.82) is 0 Å². The highest BCUT2D eigenvalue weighted by atomic mass is 16.5. The standard InChI is InChI=1S/C12H25NO2/c1-12(2)5-3-4-11(10-12)13-6-8-15-9-7-14/h11,13-14H,3-10H2,1-2H3. The lowest BCUT2D eigenvalue weighted by Gasteiger charge is -2.35. The van der Waals surface area contributed by atoms with Crippen LogP contribution in [-0.2, 0) is 4.74 Å². The Morgan fingerprint density at radius 1 is 1.40 bits per heavy atom. The van der Waals surface area contributed by atoms with Gasteiger partial charge in [-0.25, -0.2) is 0 Å². The fraction of sp³-hybridized carbons (Fsp3) is 1.00. The second kappa shape index (κ2) is 6.46. The van der Waals surface area contributed by atoms with Gasteiger partial charge in [-0.1, -0.05) is 20.3 Å². The van der Waals surface area contributed by atoms with Gasteiger partial charge in [0.25, 0.3) is 0 Å². The van der Waals surface area contributed by atoms with E-state index in [0.29, 0.717) is 24.7 Å². The highest BCUT2D eigenvalue weighted by Gasteiger charge is 2.27. The second-order valence-electron chi connectivity index (χ2n) is 5.25. The minimum absolute atomic E-state index is 0.121. The molecule has 2 N–H and O–H groups in total. The van der Waals surface area contributed by atoms with E-state index in [1.54, 1.807) is 0 Å². The first kappa shape index (κ1) is 12.9. The third kappa shape index (κ3) is 5.50. The maximum Gasteiger partial charge on any atom is 0.0698 e. The number of hydrogen-bond acceptors (Lipinski definition) is 3. The number of ether oxygens (including phenoxy) is 1. The van der Waals surface area contributed by atoms with E-state index in [2.05, 4.69) is 19.2 Å². The summed E-state index contributed by atoms with van der Waals surface area (Å²) in [5.74, 6) is 0. The first-order valence-electron chi connectivity index (χ1n) is 6.06. The van der Waals surface area contributed by atoms with Crippen LogP contribution in [0.5, 0.6) is 0 Å². The fourth-order valence-electron chi connectivity index (χ4n) is 2.37. The number of aliphatic hydroxyl groups excluding tert-OH is 1. The largest absolute Gasteiger partial charge is 0.394 e. The molecule has 3 heteroatoms. The van der Waals surface area contributed by atoms with Crippen molar-refractivity contribution in [3.63, 3.8) is 0 Å². The Labute approximate surface area is 93.2 Å². The smallest absolute Gasteiger partial charge is 0.0698 e. The molecule has 3 nitrogen and oxygen atoms in total. The molecule has 0 aromatic heterocycles. The van der Waals surface area contributed by atoms with E-state index >= 15 is 0 Å². The van der Waals surface area contributed by atoms with Gasteiger partial charge in [-0.2, -0.15) is 0 Å². The first-order chi connectivity index (χ1) is 7.14. The van der Waals surface area contributed by atoms with E-state index in [0.717, 1.165) is 6.54 Å². The summed E-state index contributed by atoms with van der Waals surface area (Å²) in [6.45, 7) is 6.89. The number of hydrogen-bond donors (Lipinski definition) is 2. The quantitative estimate of drug-likeness (QED) is 0.661. The van der Waals surface area contributed by atoms with Gasteiger partial charge in [-0.3, -0.25) is 0 Å². The lowest BCUT2D eigenvalue weighted by atomic mass is 9.75. The van der Waals surface area contributed by atoms with Gasteiger partial charge in [0.15, 0.2) is 0 Å². The van der Waals surface area contributed by atoms with E-state index in [9.17, 15) is 0 Å². The van der Waals surface area contributed by atoms with Crippen LogP contribution in [0.1, 0.15) is 39.5 Å². The van der Waals surface area contributed by atoms with Gasteiger partial charge < -0.3 is 15.2 Å². The molecule has 0 aromatic carbocycles. The molecular weight excluding hydrogens is 190 g/mol. The van der Waals surface area contributed by atoms with Gasteiger partial charge in [0, 0.05) is 12.6 Å². The fourth-order valence-corrected chi connectivity index (χ4v) is 2.37. The molecule has 90 valence electrons. The molecule has 1 aliphatic carbocycles. The van der Waals surface area contributed by atoms with Crippen molar-refractivity contribution in [1.82, 2.24) is 5.32 Å². The van der Waals surface area contributed by atoms with Crippen molar-refractivity contribution in [3.05, 3.63) is 0 Å². The van der Waals surface area contributed by atoms with Crippen LogP contribution in [0.3, 0.4) is 0 Å². The average molecular weight is 215 g/mol. The molecule has 0 bridgehead atoms. The van der Waals surface area contributed by atoms with Crippen LogP contribution in [0.2, 0.25) is 0 Å². The molecule has 1 saturated carbocycles. The van der Waals surface area contributed by atoms with Gasteiger partial charge in [0.2, 0.25) is 0 Å². The molecule has 1 rings (SSSR count). The zero-order chi connectivity index (χ0) is 11.1. The summed E-state index contributed by atoms with van der Waals surface area (Å²) in [4.78, 5) is 0. The topological polar surface area (TPSA) is 41.5 Å². The normalized spacial score (nSPS) is 25.4. The van der Waals surface area contributed by atoms with Crippen molar-refractivity contribution in [2.24, 2.45) is 5.41 Å². The Balaban J connectivity index is 2.05. The van der Waals surface area contributed by atoms with Gasteiger partial charge in [-0.05, 0) is 24.7 Å². The van der Waals surface area contributed by atoms with Crippen molar-refractivity contribution < 1.29 is 9.84 Å². The number of rotatable bonds is 6. The monoisotopic (exact) mass is 215 g/mol. The lowest BCUT2D eigenvalue weighted by Crippen LogP contribution is -2.38. The second-order valence-corrected chi connectivity index (χ2v) is 5.25. The van der Waals surface area contributed by atoms with Crippen LogP contribution >= 0.6 is 0 Å². The number of aliphatic hydroxyl groups is 1.